The first-order chi connectivity index (χ1) is 16.9. The van der Waals surface area contributed by atoms with Crippen LogP contribution in [0.1, 0.15) is 39.9 Å². The molecule has 0 spiro atoms. The molecule has 7 nitrogen and oxygen atoms in total. The fourth-order valence-corrected chi connectivity index (χ4v) is 6.24. The summed E-state index contributed by atoms with van der Waals surface area (Å²) in [7, 11) is 1.47. The van der Waals surface area contributed by atoms with Gasteiger partial charge in [-0.15, -0.1) is 11.3 Å². The van der Waals surface area contributed by atoms with Crippen molar-refractivity contribution in [3.63, 3.8) is 0 Å². The van der Waals surface area contributed by atoms with Gasteiger partial charge in [0, 0.05) is 23.5 Å². The van der Waals surface area contributed by atoms with Crippen molar-refractivity contribution in [1.82, 2.24) is 4.98 Å². The number of thiazole rings is 1. The molecule has 2 bridgehead atoms. The summed E-state index contributed by atoms with van der Waals surface area (Å²) in [5.41, 5.74) is 4.94. The molecular weight excluding hydrogens is 464 g/mol. The molecular formula is C27H28N2O5S. The van der Waals surface area contributed by atoms with Gasteiger partial charge >= 0.3 is 11.9 Å². The van der Waals surface area contributed by atoms with E-state index in [1.807, 2.05) is 31.4 Å². The number of carboxylic acid groups (broad SMARTS) is 1. The summed E-state index contributed by atoms with van der Waals surface area (Å²) in [6, 6.07) is 11.2. The Morgan fingerprint density at radius 2 is 2.00 bits per heavy atom. The molecule has 1 aliphatic carbocycles. The Balaban J connectivity index is 1.37. The average Bonchev–Trinajstić information content (AvgIpc) is 3.58. The first kappa shape index (κ1) is 23.4. The Hall–Kier alpha value is -3.39. The van der Waals surface area contributed by atoms with Crippen LogP contribution in [-0.4, -0.2) is 41.7 Å². The maximum atomic E-state index is 12.3. The number of carboxylic acids is 1. The molecule has 1 aliphatic heterocycles. The van der Waals surface area contributed by atoms with Gasteiger partial charge in [-0.05, 0) is 68.0 Å². The number of aromatic carboxylic acids is 1. The minimum atomic E-state index is -0.940. The van der Waals surface area contributed by atoms with Crippen molar-refractivity contribution in [2.24, 2.45) is 11.8 Å². The third-order valence-electron chi connectivity index (χ3n) is 7.18. The molecule has 2 aliphatic rings. The second kappa shape index (κ2) is 9.34. The highest BCUT2D eigenvalue weighted by molar-refractivity contribution is 7.14. The summed E-state index contributed by atoms with van der Waals surface area (Å²) in [5, 5.41) is 12.2. The van der Waals surface area contributed by atoms with Gasteiger partial charge in [0.05, 0.1) is 24.3 Å². The van der Waals surface area contributed by atoms with Gasteiger partial charge in [-0.2, -0.15) is 0 Å². The van der Waals surface area contributed by atoms with E-state index in [1.165, 1.54) is 7.11 Å². The topological polar surface area (TPSA) is 89.0 Å². The number of fused-ring (bicyclic) bond motifs is 2. The molecule has 182 valence electrons. The Kier molecular flexibility index (Phi) is 6.23. The fourth-order valence-electron chi connectivity index (χ4n) is 5.34. The second-order valence-corrected chi connectivity index (χ2v) is 10.2. The van der Waals surface area contributed by atoms with Gasteiger partial charge in [0.2, 0.25) is 0 Å². The quantitative estimate of drug-likeness (QED) is 0.460. The van der Waals surface area contributed by atoms with Crippen LogP contribution in [0.15, 0.2) is 41.8 Å². The minimum Gasteiger partial charge on any atom is -0.488 e. The monoisotopic (exact) mass is 492 g/mol. The van der Waals surface area contributed by atoms with Gasteiger partial charge in [0.15, 0.2) is 5.13 Å². The predicted octanol–water partition coefficient (Wildman–Crippen LogP) is 5.09. The number of benzene rings is 2. The Labute approximate surface area is 208 Å². The summed E-state index contributed by atoms with van der Waals surface area (Å²) < 4.78 is 11.3. The zero-order valence-corrected chi connectivity index (χ0v) is 20.8. The van der Waals surface area contributed by atoms with Crippen molar-refractivity contribution in [3.05, 3.63) is 64.0 Å². The number of rotatable bonds is 7. The third-order valence-corrected chi connectivity index (χ3v) is 8.06. The average molecular weight is 493 g/mol. The van der Waals surface area contributed by atoms with Crippen molar-refractivity contribution in [3.8, 4) is 17.0 Å². The predicted molar refractivity (Wildman–Crippen MR) is 134 cm³/mol. The van der Waals surface area contributed by atoms with E-state index >= 15 is 0 Å². The van der Waals surface area contributed by atoms with Crippen LogP contribution in [0.4, 0.5) is 5.13 Å². The van der Waals surface area contributed by atoms with Gasteiger partial charge in [0.25, 0.3) is 0 Å². The highest BCUT2D eigenvalue weighted by Crippen LogP contribution is 2.47. The standard InChI is InChI=1S/C27H28N2O5S/c1-15-4-9-23(34-13-19-6-5-17(25(30)31)11-16(19)2)20(10-15)21-14-35-27(28-21)29-12-18-7-8-22(29)24(18)26(32)33-3/h4-6,9-11,14,18,22,24H,7-8,12-13H2,1-3H3,(H,30,31). The fraction of sp³-hybridized carbons (Fsp3) is 0.370. The molecule has 0 amide bonds. The molecule has 3 aromatic rings. The molecule has 0 radical (unpaired) electrons. The number of hydrogen-bond acceptors (Lipinski definition) is 7. The summed E-state index contributed by atoms with van der Waals surface area (Å²) in [4.78, 5) is 30.8. The molecule has 2 aromatic carbocycles. The third kappa shape index (κ3) is 4.38. The molecule has 1 aromatic heterocycles. The SMILES string of the molecule is COC(=O)C1C2CCC1N(c1nc(-c3cc(C)ccc3OCc3ccc(C(=O)O)cc3C)cs1)C2. The van der Waals surface area contributed by atoms with E-state index in [1.54, 1.807) is 29.5 Å². The molecule has 1 saturated heterocycles. The molecule has 5 rings (SSSR count). The van der Waals surface area contributed by atoms with E-state index in [9.17, 15) is 14.7 Å². The molecule has 35 heavy (non-hydrogen) atoms. The van der Waals surface area contributed by atoms with Crippen molar-refractivity contribution >= 4 is 28.4 Å². The number of methoxy groups -OCH3 is 1. The Bertz CT molecular complexity index is 1290. The van der Waals surface area contributed by atoms with Gasteiger partial charge in [0.1, 0.15) is 12.4 Å². The normalized spacial score (nSPS) is 20.8. The molecule has 8 heteroatoms. The van der Waals surface area contributed by atoms with Gasteiger partial charge in [-0.1, -0.05) is 17.7 Å². The van der Waals surface area contributed by atoms with E-state index in [0.29, 0.717) is 12.5 Å². The molecule has 3 atom stereocenters. The Morgan fingerprint density at radius 3 is 2.74 bits per heavy atom. The molecule has 2 heterocycles. The number of carbonyl (C=O) groups is 2. The lowest BCUT2D eigenvalue weighted by Gasteiger charge is -2.26. The minimum absolute atomic E-state index is 0.0685. The van der Waals surface area contributed by atoms with Crippen LogP contribution in [-0.2, 0) is 16.1 Å². The summed E-state index contributed by atoms with van der Waals surface area (Å²) in [6.07, 6.45) is 2.04. The number of ether oxygens (including phenoxy) is 2. The van der Waals surface area contributed by atoms with Crippen molar-refractivity contribution in [2.75, 3.05) is 18.6 Å². The first-order valence-corrected chi connectivity index (χ1v) is 12.6. The smallest absolute Gasteiger partial charge is 0.335 e. The van der Waals surface area contributed by atoms with E-state index in [-0.39, 0.29) is 23.5 Å². The number of nitrogens with zero attached hydrogens (tertiary/aromatic N) is 2. The van der Waals surface area contributed by atoms with Crippen LogP contribution in [0.5, 0.6) is 5.75 Å². The number of aryl methyl sites for hydroxylation is 2. The zero-order valence-electron chi connectivity index (χ0n) is 20.0. The lowest BCUT2D eigenvalue weighted by Crippen LogP contribution is -2.35. The van der Waals surface area contributed by atoms with Crippen molar-refractivity contribution in [2.45, 2.75) is 39.3 Å². The van der Waals surface area contributed by atoms with Gasteiger partial charge < -0.3 is 19.5 Å². The maximum absolute atomic E-state index is 12.3. The molecule has 1 N–H and O–H groups in total. The molecule has 1 saturated carbocycles. The number of hydrogen-bond donors (Lipinski definition) is 1. The number of esters is 1. The summed E-state index contributed by atoms with van der Waals surface area (Å²) >= 11 is 1.59. The summed E-state index contributed by atoms with van der Waals surface area (Å²) in [5.74, 6) is -0.0679. The van der Waals surface area contributed by atoms with Crippen molar-refractivity contribution < 1.29 is 24.2 Å². The number of anilines is 1. The van der Waals surface area contributed by atoms with Gasteiger partial charge in [-0.25, -0.2) is 9.78 Å². The van der Waals surface area contributed by atoms with E-state index in [4.69, 9.17) is 14.5 Å². The van der Waals surface area contributed by atoms with Gasteiger partial charge in [-0.3, -0.25) is 4.79 Å². The summed E-state index contributed by atoms with van der Waals surface area (Å²) in [6.45, 7) is 5.09. The van der Waals surface area contributed by atoms with E-state index < -0.39 is 5.97 Å². The van der Waals surface area contributed by atoms with E-state index in [2.05, 4.69) is 11.0 Å². The molecule has 2 fully saturated rings. The lowest BCUT2D eigenvalue weighted by molar-refractivity contribution is -0.146. The number of aromatic nitrogens is 1. The maximum Gasteiger partial charge on any atom is 0.335 e. The largest absolute Gasteiger partial charge is 0.488 e. The first-order valence-electron chi connectivity index (χ1n) is 11.7. The van der Waals surface area contributed by atoms with Crippen LogP contribution in [0.2, 0.25) is 0 Å². The zero-order chi connectivity index (χ0) is 24.7. The lowest BCUT2D eigenvalue weighted by atomic mass is 9.99. The van der Waals surface area contributed by atoms with Crippen LogP contribution in [0.25, 0.3) is 11.3 Å². The Morgan fingerprint density at radius 1 is 1.17 bits per heavy atom. The van der Waals surface area contributed by atoms with E-state index in [0.717, 1.165) is 58.2 Å². The highest BCUT2D eigenvalue weighted by Gasteiger charge is 2.51. The number of piperidine rings is 1. The van der Waals surface area contributed by atoms with Crippen molar-refractivity contribution in [1.29, 1.82) is 0 Å². The van der Waals surface area contributed by atoms with Crippen LogP contribution in [0, 0.1) is 25.7 Å². The van der Waals surface area contributed by atoms with Crippen LogP contribution < -0.4 is 9.64 Å². The second-order valence-electron chi connectivity index (χ2n) is 9.36. The number of carbonyl (C=O) groups excluding carboxylic acids is 1. The highest BCUT2D eigenvalue weighted by atomic mass is 32.1. The van der Waals surface area contributed by atoms with Crippen LogP contribution in [0.3, 0.4) is 0 Å². The van der Waals surface area contributed by atoms with Crippen LogP contribution >= 0.6 is 11.3 Å². The molecule has 3 unspecified atom stereocenters.